The van der Waals surface area contributed by atoms with Crippen LogP contribution in [0.1, 0.15) is 11.1 Å². The molecule has 3 rings (SSSR count). The lowest BCUT2D eigenvalue weighted by molar-refractivity contribution is 0.252. The monoisotopic (exact) mass is 407 g/mol. The van der Waals surface area contributed by atoms with Crippen LogP contribution in [0.15, 0.2) is 77.9 Å². The maximum absolute atomic E-state index is 13.0. The predicted molar refractivity (Wildman–Crippen MR) is 112 cm³/mol. The Labute approximate surface area is 171 Å². The van der Waals surface area contributed by atoms with Crippen molar-refractivity contribution in [3.05, 3.63) is 89.8 Å². The molecule has 3 aromatic rings. The number of rotatable bonds is 5. The Hall–Kier alpha value is -4.33. The smallest absolute Gasteiger partial charge is 0.339 e. The van der Waals surface area contributed by atoms with Crippen molar-refractivity contribution >= 4 is 23.5 Å². The van der Waals surface area contributed by atoms with E-state index in [0.717, 1.165) is 0 Å². The first-order valence-corrected chi connectivity index (χ1v) is 8.81. The number of hydrazone groups is 1. The number of urea groups is 1. The summed E-state index contributed by atoms with van der Waals surface area (Å²) in [5, 5.41) is 36.3. The van der Waals surface area contributed by atoms with E-state index in [-0.39, 0.29) is 28.5 Å². The number of carbonyl (C=O) groups excluding carboxylic acids is 1. The molecule has 152 valence electrons. The molecule has 0 saturated carbocycles. The molecule has 2 amide bonds. The second-order valence-electron chi connectivity index (χ2n) is 6.16. The fourth-order valence-corrected chi connectivity index (χ4v) is 2.52. The van der Waals surface area contributed by atoms with Crippen molar-refractivity contribution in [3.63, 3.8) is 0 Å². The summed E-state index contributed by atoms with van der Waals surface area (Å²) in [6, 6.07) is 14.9. The Balaban J connectivity index is 1.86. The van der Waals surface area contributed by atoms with Crippen LogP contribution in [0.2, 0.25) is 0 Å². The van der Waals surface area contributed by atoms with Crippen molar-refractivity contribution < 1.29 is 24.5 Å². The zero-order valence-corrected chi connectivity index (χ0v) is 15.6. The molecule has 0 unspecified atom stereocenters. The maximum atomic E-state index is 13.0. The highest BCUT2D eigenvalue weighted by Gasteiger charge is 2.10. The lowest BCUT2D eigenvalue weighted by Crippen LogP contribution is -2.25. The summed E-state index contributed by atoms with van der Waals surface area (Å²) in [5.74, 6) is -0.679. The maximum Gasteiger partial charge on any atom is 0.339 e. The summed E-state index contributed by atoms with van der Waals surface area (Å²) in [6.07, 6.45) is 3.00. The molecule has 0 heterocycles. The average molecular weight is 407 g/mol. The van der Waals surface area contributed by atoms with Crippen LogP contribution in [-0.2, 0) is 0 Å². The number of anilines is 1. The number of amides is 2. The number of aromatic hydroxyl groups is 3. The van der Waals surface area contributed by atoms with Gasteiger partial charge in [0.25, 0.3) is 0 Å². The summed E-state index contributed by atoms with van der Waals surface area (Å²) >= 11 is 0. The van der Waals surface area contributed by atoms with E-state index in [2.05, 4.69) is 15.8 Å². The van der Waals surface area contributed by atoms with Crippen LogP contribution in [-0.4, -0.2) is 27.1 Å². The molecule has 0 aliphatic heterocycles. The van der Waals surface area contributed by atoms with Crippen LogP contribution < -0.4 is 10.7 Å². The molecule has 5 N–H and O–H groups in total. The predicted octanol–water partition coefficient (Wildman–Crippen LogP) is 4.18. The lowest BCUT2D eigenvalue weighted by Gasteiger charge is -2.08. The number of phenolic OH excluding ortho intramolecular Hbond substituents is 3. The minimum atomic E-state index is -0.699. The number of nitrogens with zero attached hydrogens (tertiary/aromatic N) is 1. The van der Waals surface area contributed by atoms with Gasteiger partial charge in [-0.1, -0.05) is 18.2 Å². The number of para-hydroxylation sites is 1. The molecule has 0 aromatic heterocycles. The van der Waals surface area contributed by atoms with Gasteiger partial charge in [0.2, 0.25) is 0 Å². The van der Waals surface area contributed by atoms with Crippen LogP contribution in [0.25, 0.3) is 6.08 Å². The van der Waals surface area contributed by atoms with Crippen molar-refractivity contribution in [1.29, 1.82) is 0 Å². The Morgan fingerprint density at radius 3 is 2.40 bits per heavy atom. The highest BCUT2D eigenvalue weighted by Crippen LogP contribution is 2.24. The van der Waals surface area contributed by atoms with Gasteiger partial charge in [0.15, 0.2) is 0 Å². The number of carbonyl (C=O) groups is 1. The summed E-state index contributed by atoms with van der Waals surface area (Å²) in [6.45, 7) is 0. The van der Waals surface area contributed by atoms with Crippen LogP contribution in [0.4, 0.5) is 14.9 Å². The number of phenols is 3. The standard InChI is InChI=1S/C22H18FN3O4/c23-15-6-8-16(9-7-15)24-22(30)26-25-19(18-13-17(27)10-12-21(18)29)11-5-14-3-1-2-4-20(14)28/h1-13,27-29H,(H2,24,26,30)/b11-5+,25-19+. The molecule has 0 spiro atoms. The molecule has 7 nitrogen and oxygen atoms in total. The van der Waals surface area contributed by atoms with Crippen LogP contribution in [0.3, 0.4) is 0 Å². The van der Waals surface area contributed by atoms with E-state index in [0.29, 0.717) is 11.3 Å². The molecule has 0 aliphatic rings. The molecular weight excluding hydrogens is 389 g/mol. The zero-order chi connectivity index (χ0) is 21.5. The second kappa shape index (κ2) is 9.24. The molecule has 0 atom stereocenters. The zero-order valence-electron chi connectivity index (χ0n) is 15.6. The molecular formula is C22H18FN3O4. The van der Waals surface area contributed by atoms with Gasteiger partial charge in [0, 0.05) is 16.8 Å². The van der Waals surface area contributed by atoms with Gasteiger partial charge in [0.1, 0.15) is 23.1 Å². The van der Waals surface area contributed by atoms with Crippen LogP contribution in [0.5, 0.6) is 17.2 Å². The van der Waals surface area contributed by atoms with E-state index in [1.54, 1.807) is 18.2 Å². The van der Waals surface area contributed by atoms with Gasteiger partial charge in [-0.15, -0.1) is 0 Å². The minimum absolute atomic E-state index is 0.0373. The number of hydrogen-bond donors (Lipinski definition) is 5. The molecule has 3 aromatic carbocycles. The van der Waals surface area contributed by atoms with Gasteiger partial charge >= 0.3 is 6.03 Å². The quantitative estimate of drug-likeness (QED) is 0.248. The van der Waals surface area contributed by atoms with Crippen molar-refractivity contribution in [1.82, 2.24) is 5.43 Å². The fourth-order valence-electron chi connectivity index (χ4n) is 2.52. The minimum Gasteiger partial charge on any atom is -0.508 e. The third-order valence-electron chi connectivity index (χ3n) is 3.99. The number of allylic oxidation sites excluding steroid dienone is 1. The van der Waals surface area contributed by atoms with Crippen molar-refractivity contribution in [2.75, 3.05) is 5.32 Å². The average Bonchev–Trinajstić information content (AvgIpc) is 2.73. The molecule has 0 aliphatic carbocycles. The highest BCUT2D eigenvalue weighted by atomic mass is 19.1. The van der Waals surface area contributed by atoms with E-state index in [1.807, 2.05) is 0 Å². The van der Waals surface area contributed by atoms with Gasteiger partial charge in [0.05, 0.1) is 5.71 Å². The molecule has 0 bridgehead atoms. The summed E-state index contributed by atoms with van der Waals surface area (Å²) in [7, 11) is 0. The lowest BCUT2D eigenvalue weighted by atomic mass is 10.1. The van der Waals surface area contributed by atoms with Gasteiger partial charge in [-0.2, -0.15) is 5.10 Å². The van der Waals surface area contributed by atoms with Gasteiger partial charge in [-0.25, -0.2) is 14.6 Å². The number of nitrogens with one attached hydrogen (secondary N) is 2. The Kier molecular flexibility index (Phi) is 6.29. The first-order chi connectivity index (χ1) is 14.4. The Morgan fingerprint density at radius 2 is 1.67 bits per heavy atom. The first-order valence-electron chi connectivity index (χ1n) is 8.81. The van der Waals surface area contributed by atoms with Crippen molar-refractivity contribution in [2.24, 2.45) is 5.10 Å². The van der Waals surface area contributed by atoms with Crippen LogP contribution >= 0.6 is 0 Å². The van der Waals surface area contributed by atoms with Crippen molar-refractivity contribution in [2.45, 2.75) is 0 Å². The number of halogens is 1. The number of hydrogen-bond acceptors (Lipinski definition) is 5. The molecule has 0 fully saturated rings. The number of benzene rings is 3. The molecule has 8 heteroatoms. The normalized spacial score (nSPS) is 11.4. The largest absolute Gasteiger partial charge is 0.508 e. The van der Waals surface area contributed by atoms with Crippen LogP contribution in [0, 0.1) is 5.82 Å². The first kappa shape index (κ1) is 20.4. The van der Waals surface area contributed by atoms with E-state index in [9.17, 15) is 24.5 Å². The third kappa shape index (κ3) is 5.35. The van der Waals surface area contributed by atoms with E-state index >= 15 is 0 Å². The van der Waals surface area contributed by atoms with Gasteiger partial charge in [-0.3, -0.25) is 0 Å². The van der Waals surface area contributed by atoms with E-state index < -0.39 is 11.8 Å². The highest BCUT2D eigenvalue weighted by molar-refractivity contribution is 6.13. The topological polar surface area (TPSA) is 114 Å². The van der Waals surface area contributed by atoms with E-state index in [4.69, 9.17) is 0 Å². The molecule has 0 radical (unpaired) electrons. The van der Waals surface area contributed by atoms with Gasteiger partial charge in [-0.05, 0) is 60.7 Å². The third-order valence-corrected chi connectivity index (χ3v) is 3.99. The van der Waals surface area contributed by atoms with Crippen molar-refractivity contribution in [3.8, 4) is 17.2 Å². The molecule has 0 saturated heterocycles. The summed E-state index contributed by atoms with van der Waals surface area (Å²) in [4.78, 5) is 12.1. The Bertz CT molecular complexity index is 1110. The Morgan fingerprint density at radius 1 is 0.933 bits per heavy atom. The van der Waals surface area contributed by atoms with E-state index in [1.165, 1.54) is 60.7 Å². The summed E-state index contributed by atoms with van der Waals surface area (Å²) < 4.78 is 13.0. The fraction of sp³-hybridized carbons (Fsp3) is 0. The van der Waals surface area contributed by atoms with Gasteiger partial charge < -0.3 is 20.6 Å². The second-order valence-corrected chi connectivity index (χ2v) is 6.16. The molecule has 30 heavy (non-hydrogen) atoms. The summed E-state index contributed by atoms with van der Waals surface area (Å²) in [5.41, 5.74) is 3.39. The SMILES string of the molecule is O=C(N/N=C(\C=C\c1ccccc1O)c1cc(O)ccc1O)Nc1ccc(F)cc1.